The number of carbonyl (C=O) groups excluding carboxylic acids is 2. The van der Waals surface area contributed by atoms with E-state index in [1.807, 2.05) is 13.8 Å². The molecule has 0 heterocycles. The van der Waals surface area contributed by atoms with Gasteiger partial charge in [0.25, 0.3) is 5.91 Å². The Bertz CT molecular complexity index is 1020. The summed E-state index contributed by atoms with van der Waals surface area (Å²) in [5.41, 5.74) is 0.871. The minimum absolute atomic E-state index is 0.0176. The molecule has 31 heavy (non-hydrogen) atoms. The zero-order chi connectivity index (χ0) is 23.2. The van der Waals surface area contributed by atoms with Crippen LogP contribution >= 0.6 is 0 Å². The molecule has 168 valence electrons. The van der Waals surface area contributed by atoms with Gasteiger partial charge in [-0.1, -0.05) is 32.0 Å². The van der Waals surface area contributed by atoms with Crippen LogP contribution in [-0.4, -0.2) is 51.8 Å². The lowest BCUT2D eigenvalue weighted by Crippen LogP contribution is -2.49. The molecule has 0 fully saturated rings. The third-order valence-electron chi connectivity index (χ3n) is 4.77. The largest absolute Gasteiger partial charge is 0.497 e. The minimum atomic E-state index is -3.65. The van der Waals surface area contributed by atoms with Crippen molar-refractivity contribution in [3.63, 3.8) is 0 Å². The second-order valence-corrected chi connectivity index (χ2v) is 9.66. The molecule has 2 rings (SSSR count). The summed E-state index contributed by atoms with van der Waals surface area (Å²) in [6.07, 6.45) is 0. The van der Waals surface area contributed by atoms with E-state index >= 15 is 0 Å². The van der Waals surface area contributed by atoms with Gasteiger partial charge in [0, 0.05) is 26.2 Å². The molecule has 9 heteroatoms. The molecule has 2 N–H and O–H groups in total. The summed E-state index contributed by atoms with van der Waals surface area (Å²) in [7, 11) is 0.792. The first kappa shape index (κ1) is 24.4. The number of carbonyl (C=O) groups is 2. The summed E-state index contributed by atoms with van der Waals surface area (Å²) in [6.45, 7) is 3.66. The fourth-order valence-electron chi connectivity index (χ4n) is 2.89. The van der Waals surface area contributed by atoms with Crippen molar-refractivity contribution in [1.29, 1.82) is 0 Å². The molecule has 0 aliphatic carbocycles. The molecule has 0 saturated carbocycles. The molecule has 0 aliphatic rings. The number of rotatable bonds is 9. The number of hydrogen-bond acceptors (Lipinski definition) is 5. The molecule has 1 atom stereocenters. The van der Waals surface area contributed by atoms with Gasteiger partial charge < -0.3 is 15.4 Å². The van der Waals surface area contributed by atoms with Crippen LogP contribution in [0.15, 0.2) is 53.4 Å². The van der Waals surface area contributed by atoms with Gasteiger partial charge in [-0.2, -0.15) is 0 Å². The lowest BCUT2D eigenvalue weighted by molar-refractivity contribution is -0.124. The van der Waals surface area contributed by atoms with Crippen molar-refractivity contribution in [3.05, 3.63) is 59.7 Å². The predicted molar refractivity (Wildman–Crippen MR) is 118 cm³/mol. The standard InChI is InChI=1S/C22H29N3O5S/c1-15(2)20(24-21(26)16-10-12-18(30-5)13-11-16)22(27)23-14-17-8-6-7-9-19(17)31(28,29)25(3)4/h6-13,15,20H,14H2,1-5H3,(H,23,27)(H,24,26). The van der Waals surface area contributed by atoms with E-state index in [-0.39, 0.29) is 23.3 Å². The minimum Gasteiger partial charge on any atom is -0.497 e. The maximum absolute atomic E-state index is 12.8. The van der Waals surface area contributed by atoms with Crippen molar-refractivity contribution in [3.8, 4) is 5.75 Å². The Morgan fingerprint density at radius 3 is 2.19 bits per heavy atom. The van der Waals surface area contributed by atoms with Gasteiger partial charge >= 0.3 is 0 Å². The van der Waals surface area contributed by atoms with Crippen LogP contribution < -0.4 is 15.4 Å². The lowest BCUT2D eigenvalue weighted by atomic mass is 10.0. The van der Waals surface area contributed by atoms with Crippen LogP contribution in [0, 0.1) is 5.92 Å². The second-order valence-electron chi connectivity index (χ2n) is 7.54. The third-order valence-corrected chi connectivity index (χ3v) is 6.69. The molecule has 0 saturated heterocycles. The first-order valence-electron chi connectivity index (χ1n) is 9.81. The average Bonchev–Trinajstić information content (AvgIpc) is 2.75. The van der Waals surface area contributed by atoms with Gasteiger partial charge in [0.2, 0.25) is 15.9 Å². The Morgan fingerprint density at radius 1 is 1.03 bits per heavy atom. The second kappa shape index (κ2) is 10.4. The molecule has 0 radical (unpaired) electrons. The van der Waals surface area contributed by atoms with E-state index < -0.39 is 22.0 Å². The number of ether oxygens (including phenoxy) is 1. The van der Waals surface area contributed by atoms with Gasteiger partial charge in [-0.05, 0) is 41.8 Å². The molecular weight excluding hydrogens is 418 g/mol. The fraction of sp³-hybridized carbons (Fsp3) is 0.364. The van der Waals surface area contributed by atoms with E-state index in [1.165, 1.54) is 27.3 Å². The van der Waals surface area contributed by atoms with Gasteiger partial charge in [0.1, 0.15) is 11.8 Å². The molecule has 2 aromatic carbocycles. The van der Waals surface area contributed by atoms with Crippen molar-refractivity contribution < 1.29 is 22.7 Å². The normalized spacial score (nSPS) is 12.5. The highest BCUT2D eigenvalue weighted by atomic mass is 32.2. The molecule has 1 unspecified atom stereocenters. The topological polar surface area (TPSA) is 105 Å². The monoisotopic (exact) mass is 447 g/mol. The maximum Gasteiger partial charge on any atom is 0.251 e. The summed E-state index contributed by atoms with van der Waals surface area (Å²) >= 11 is 0. The summed E-state index contributed by atoms with van der Waals surface area (Å²) in [6, 6.07) is 12.3. The molecule has 2 aromatic rings. The van der Waals surface area contributed by atoms with E-state index in [9.17, 15) is 18.0 Å². The Kier molecular flexibility index (Phi) is 8.18. The smallest absolute Gasteiger partial charge is 0.251 e. The summed E-state index contributed by atoms with van der Waals surface area (Å²) in [4.78, 5) is 25.5. The van der Waals surface area contributed by atoms with Gasteiger partial charge in [0.15, 0.2) is 0 Å². The van der Waals surface area contributed by atoms with Crippen LogP contribution in [0.2, 0.25) is 0 Å². The lowest BCUT2D eigenvalue weighted by Gasteiger charge is -2.22. The van der Waals surface area contributed by atoms with Crippen molar-refractivity contribution >= 4 is 21.8 Å². The third kappa shape index (κ3) is 6.05. The SMILES string of the molecule is COc1ccc(C(=O)NC(C(=O)NCc2ccccc2S(=O)(=O)N(C)C)C(C)C)cc1. The van der Waals surface area contributed by atoms with Gasteiger partial charge in [-0.3, -0.25) is 9.59 Å². The zero-order valence-corrected chi connectivity index (χ0v) is 19.2. The van der Waals surface area contributed by atoms with Crippen LogP contribution in [0.25, 0.3) is 0 Å². The van der Waals surface area contributed by atoms with Crippen LogP contribution in [-0.2, 0) is 21.4 Å². The van der Waals surface area contributed by atoms with Crippen molar-refractivity contribution in [2.75, 3.05) is 21.2 Å². The molecule has 0 aromatic heterocycles. The number of benzene rings is 2. The Labute approximate surface area is 183 Å². The quantitative estimate of drug-likeness (QED) is 0.612. The van der Waals surface area contributed by atoms with Gasteiger partial charge in [-0.25, -0.2) is 12.7 Å². The van der Waals surface area contributed by atoms with E-state index in [0.29, 0.717) is 16.9 Å². The number of methoxy groups -OCH3 is 1. The van der Waals surface area contributed by atoms with Crippen molar-refractivity contribution in [2.24, 2.45) is 5.92 Å². The maximum atomic E-state index is 12.8. The Hall–Kier alpha value is -2.91. The van der Waals surface area contributed by atoms with E-state index in [1.54, 1.807) is 42.5 Å². The van der Waals surface area contributed by atoms with Crippen LogP contribution in [0.5, 0.6) is 5.75 Å². The fourth-order valence-corrected chi connectivity index (χ4v) is 4.01. The zero-order valence-electron chi connectivity index (χ0n) is 18.4. The molecular formula is C22H29N3O5S. The number of nitrogens with one attached hydrogen (secondary N) is 2. The molecule has 0 aliphatic heterocycles. The van der Waals surface area contributed by atoms with Gasteiger partial charge in [0.05, 0.1) is 12.0 Å². The molecule has 0 spiro atoms. The highest BCUT2D eigenvalue weighted by Crippen LogP contribution is 2.18. The van der Waals surface area contributed by atoms with Crippen LogP contribution in [0.1, 0.15) is 29.8 Å². The average molecular weight is 448 g/mol. The number of amides is 2. The van der Waals surface area contributed by atoms with E-state index in [4.69, 9.17) is 4.74 Å². The highest BCUT2D eigenvalue weighted by molar-refractivity contribution is 7.89. The molecule has 0 bridgehead atoms. The summed E-state index contributed by atoms with van der Waals surface area (Å²) in [5.74, 6) is -0.329. The first-order chi connectivity index (χ1) is 14.6. The Morgan fingerprint density at radius 2 is 1.65 bits per heavy atom. The summed E-state index contributed by atoms with van der Waals surface area (Å²) < 4.78 is 31.3. The van der Waals surface area contributed by atoms with Crippen LogP contribution in [0.4, 0.5) is 0 Å². The number of nitrogens with zero attached hydrogens (tertiary/aromatic N) is 1. The van der Waals surface area contributed by atoms with E-state index in [2.05, 4.69) is 10.6 Å². The summed E-state index contributed by atoms with van der Waals surface area (Å²) in [5, 5.41) is 5.50. The molecule has 8 nitrogen and oxygen atoms in total. The van der Waals surface area contributed by atoms with E-state index in [0.717, 1.165) is 4.31 Å². The van der Waals surface area contributed by atoms with Gasteiger partial charge in [-0.15, -0.1) is 0 Å². The number of sulfonamides is 1. The highest BCUT2D eigenvalue weighted by Gasteiger charge is 2.26. The van der Waals surface area contributed by atoms with Crippen molar-refractivity contribution in [1.82, 2.24) is 14.9 Å². The van der Waals surface area contributed by atoms with Crippen LogP contribution in [0.3, 0.4) is 0 Å². The Balaban J connectivity index is 2.13. The first-order valence-corrected chi connectivity index (χ1v) is 11.2. The number of hydrogen-bond donors (Lipinski definition) is 2. The predicted octanol–water partition coefficient (Wildman–Crippen LogP) is 2.02. The molecule has 2 amide bonds. The van der Waals surface area contributed by atoms with Crippen molar-refractivity contribution in [2.45, 2.75) is 31.3 Å².